The smallest absolute Gasteiger partial charge is 0.303 e. The van der Waals surface area contributed by atoms with Crippen LogP contribution in [0.5, 0.6) is 0 Å². The quantitative estimate of drug-likeness (QED) is 0.861. The number of hydrogen-bond donors (Lipinski definition) is 1. The maximum Gasteiger partial charge on any atom is 0.303 e. The second kappa shape index (κ2) is 6.83. The number of nitrogens with zero attached hydrogens (tertiary/aromatic N) is 1. The number of aliphatic carboxylic acids is 1. The summed E-state index contributed by atoms with van der Waals surface area (Å²) in [4.78, 5) is 10.7. The van der Waals surface area contributed by atoms with Crippen LogP contribution >= 0.6 is 34.5 Å². The van der Waals surface area contributed by atoms with Crippen molar-refractivity contribution >= 4 is 50.5 Å². The number of hydrogen-bond acceptors (Lipinski definition) is 4. The van der Waals surface area contributed by atoms with Gasteiger partial charge in [0.1, 0.15) is 9.23 Å². The molecule has 0 aliphatic carbocycles. The molecule has 1 atom stereocenters. The van der Waals surface area contributed by atoms with Crippen LogP contribution in [0.1, 0.15) is 25.7 Å². The fourth-order valence-corrected chi connectivity index (χ4v) is 6.12. The molecule has 1 aliphatic heterocycles. The van der Waals surface area contributed by atoms with Gasteiger partial charge in [0.05, 0.1) is 4.34 Å². The SMILES string of the molecule is O=C(O)CCC1CCCN(S(=O)(=O)c2cc(Cl)sc2Cl)C1. The maximum atomic E-state index is 12.6. The predicted molar refractivity (Wildman–Crippen MR) is 82.7 cm³/mol. The third kappa shape index (κ3) is 4.10. The summed E-state index contributed by atoms with van der Waals surface area (Å²) in [6, 6.07) is 1.37. The van der Waals surface area contributed by atoms with E-state index < -0.39 is 16.0 Å². The van der Waals surface area contributed by atoms with Crippen LogP contribution in [-0.4, -0.2) is 36.9 Å². The lowest BCUT2D eigenvalue weighted by Crippen LogP contribution is -2.39. The molecule has 0 saturated carbocycles. The van der Waals surface area contributed by atoms with Gasteiger partial charge in [-0.15, -0.1) is 11.3 Å². The molecular weight excluding hydrogens is 357 g/mol. The number of carbonyl (C=O) groups is 1. The molecule has 1 aromatic rings. The minimum Gasteiger partial charge on any atom is -0.481 e. The van der Waals surface area contributed by atoms with E-state index in [1.54, 1.807) is 0 Å². The lowest BCUT2D eigenvalue weighted by molar-refractivity contribution is -0.137. The topological polar surface area (TPSA) is 74.7 Å². The van der Waals surface area contributed by atoms with Crippen molar-refractivity contribution < 1.29 is 18.3 Å². The molecule has 118 valence electrons. The van der Waals surface area contributed by atoms with E-state index in [2.05, 4.69) is 0 Å². The van der Waals surface area contributed by atoms with Crippen molar-refractivity contribution in [1.82, 2.24) is 4.31 Å². The van der Waals surface area contributed by atoms with Gasteiger partial charge in [-0.05, 0) is 31.2 Å². The zero-order valence-corrected chi connectivity index (χ0v) is 14.2. The molecule has 1 aromatic heterocycles. The molecule has 1 aliphatic rings. The first-order valence-corrected chi connectivity index (χ1v) is 9.48. The fraction of sp³-hybridized carbons (Fsp3) is 0.583. The average Bonchev–Trinajstić information content (AvgIpc) is 2.76. The minimum absolute atomic E-state index is 0.0399. The van der Waals surface area contributed by atoms with Crippen LogP contribution in [0.3, 0.4) is 0 Å². The van der Waals surface area contributed by atoms with Crippen LogP contribution in [0.25, 0.3) is 0 Å². The highest BCUT2D eigenvalue weighted by Gasteiger charge is 2.32. The third-order valence-corrected chi connectivity index (χ3v) is 7.11. The molecular formula is C12H15Cl2NO4S2. The molecule has 9 heteroatoms. The minimum atomic E-state index is -3.66. The summed E-state index contributed by atoms with van der Waals surface area (Å²) in [5.74, 6) is -0.792. The molecule has 0 amide bonds. The molecule has 0 radical (unpaired) electrons. The highest BCUT2D eigenvalue weighted by atomic mass is 35.5. The standard InChI is InChI=1S/C12H15Cl2NO4S2/c13-10-6-9(12(14)20-10)21(18,19)15-5-1-2-8(7-15)3-4-11(16)17/h6,8H,1-5,7H2,(H,16,17). The first-order chi connectivity index (χ1) is 9.80. The molecule has 21 heavy (non-hydrogen) atoms. The highest BCUT2D eigenvalue weighted by molar-refractivity contribution is 7.89. The number of halogens is 2. The molecule has 0 bridgehead atoms. The first-order valence-electron chi connectivity index (χ1n) is 6.47. The summed E-state index contributed by atoms with van der Waals surface area (Å²) >= 11 is 12.8. The van der Waals surface area contributed by atoms with Crippen molar-refractivity contribution in [3.8, 4) is 0 Å². The van der Waals surface area contributed by atoms with Gasteiger partial charge >= 0.3 is 5.97 Å². The Hall–Kier alpha value is -0.340. The van der Waals surface area contributed by atoms with E-state index in [4.69, 9.17) is 28.3 Å². The van der Waals surface area contributed by atoms with Crippen molar-refractivity contribution in [3.05, 3.63) is 14.7 Å². The number of thiophene rings is 1. The van der Waals surface area contributed by atoms with Crippen LogP contribution in [0.15, 0.2) is 11.0 Å². The zero-order chi connectivity index (χ0) is 15.6. The Kier molecular flexibility index (Phi) is 5.54. The van der Waals surface area contributed by atoms with Crippen LogP contribution in [-0.2, 0) is 14.8 Å². The van der Waals surface area contributed by atoms with E-state index in [9.17, 15) is 13.2 Å². The lowest BCUT2D eigenvalue weighted by atomic mass is 9.95. The van der Waals surface area contributed by atoms with Gasteiger partial charge < -0.3 is 5.11 Å². The van der Waals surface area contributed by atoms with E-state index >= 15 is 0 Å². The number of sulfonamides is 1. The summed E-state index contributed by atoms with van der Waals surface area (Å²) in [6.07, 6.45) is 2.11. The highest BCUT2D eigenvalue weighted by Crippen LogP contribution is 2.37. The second-order valence-corrected chi connectivity index (χ2v) is 9.18. The number of carboxylic acids is 1. The molecule has 1 N–H and O–H groups in total. The van der Waals surface area contributed by atoms with E-state index in [1.807, 2.05) is 0 Å². The summed E-state index contributed by atoms with van der Waals surface area (Å²) in [7, 11) is -3.66. The summed E-state index contributed by atoms with van der Waals surface area (Å²) in [5.41, 5.74) is 0. The fourth-order valence-electron chi connectivity index (χ4n) is 2.45. The number of piperidine rings is 1. The zero-order valence-electron chi connectivity index (χ0n) is 11.1. The Morgan fingerprint density at radius 1 is 1.48 bits per heavy atom. The molecule has 2 rings (SSSR count). The summed E-state index contributed by atoms with van der Waals surface area (Å²) < 4.78 is 27.0. The van der Waals surface area contributed by atoms with Crippen LogP contribution in [0, 0.1) is 5.92 Å². The number of rotatable bonds is 5. The van der Waals surface area contributed by atoms with Crippen molar-refractivity contribution in [3.63, 3.8) is 0 Å². The van der Waals surface area contributed by atoms with Crippen LogP contribution < -0.4 is 0 Å². The van der Waals surface area contributed by atoms with Gasteiger partial charge in [0.15, 0.2) is 0 Å². The molecule has 1 unspecified atom stereocenters. The average molecular weight is 372 g/mol. The second-order valence-electron chi connectivity index (χ2n) is 4.99. The Balaban J connectivity index is 2.13. The van der Waals surface area contributed by atoms with Crippen molar-refractivity contribution in [1.29, 1.82) is 0 Å². The summed E-state index contributed by atoms with van der Waals surface area (Å²) in [5, 5.41) is 8.72. The lowest BCUT2D eigenvalue weighted by Gasteiger charge is -2.31. The largest absolute Gasteiger partial charge is 0.481 e. The third-order valence-electron chi connectivity index (χ3n) is 3.49. The molecule has 1 fully saturated rings. The van der Waals surface area contributed by atoms with Crippen molar-refractivity contribution in [2.24, 2.45) is 5.92 Å². The van der Waals surface area contributed by atoms with Gasteiger partial charge in [0.2, 0.25) is 10.0 Å². The molecule has 2 heterocycles. The Morgan fingerprint density at radius 3 is 2.76 bits per heavy atom. The molecule has 5 nitrogen and oxygen atoms in total. The van der Waals surface area contributed by atoms with Gasteiger partial charge in [-0.2, -0.15) is 4.31 Å². The van der Waals surface area contributed by atoms with E-state index in [-0.39, 0.29) is 21.6 Å². The van der Waals surface area contributed by atoms with Gasteiger partial charge in [-0.1, -0.05) is 23.2 Å². The predicted octanol–water partition coefficient (Wildman–Crippen LogP) is 3.32. The van der Waals surface area contributed by atoms with E-state index in [0.717, 1.165) is 24.2 Å². The van der Waals surface area contributed by atoms with Gasteiger partial charge in [-0.25, -0.2) is 8.42 Å². The van der Waals surface area contributed by atoms with Gasteiger partial charge in [0.25, 0.3) is 0 Å². The molecule has 0 aromatic carbocycles. The van der Waals surface area contributed by atoms with Crippen molar-refractivity contribution in [2.45, 2.75) is 30.6 Å². The van der Waals surface area contributed by atoms with E-state index in [0.29, 0.717) is 23.8 Å². The summed E-state index contributed by atoms with van der Waals surface area (Å²) in [6.45, 7) is 0.759. The molecule has 0 spiro atoms. The normalized spacial score (nSPS) is 20.6. The molecule has 1 saturated heterocycles. The van der Waals surface area contributed by atoms with Crippen LogP contribution in [0.4, 0.5) is 0 Å². The van der Waals surface area contributed by atoms with E-state index in [1.165, 1.54) is 10.4 Å². The van der Waals surface area contributed by atoms with Gasteiger partial charge in [-0.3, -0.25) is 4.79 Å². The maximum absolute atomic E-state index is 12.6. The monoisotopic (exact) mass is 371 g/mol. The van der Waals surface area contributed by atoms with Crippen molar-refractivity contribution in [2.75, 3.05) is 13.1 Å². The first kappa shape index (κ1) is 17.0. The van der Waals surface area contributed by atoms with Gasteiger partial charge in [0, 0.05) is 19.5 Å². The van der Waals surface area contributed by atoms with Crippen LogP contribution in [0.2, 0.25) is 8.67 Å². The Bertz CT molecular complexity index is 629. The Labute approximate surface area is 137 Å². The Morgan fingerprint density at radius 2 is 2.19 bits per heavy atom. The number of carboxylic acid groups (broad SMARTS) is 1.